The van der Waals surface area contributed by atoms with Crippen LogP contribution < -0.4 is 5.32 Å². The Balaban J connectivity index is 1.68. The van der Waals surface area contributed by atoms with Gasteiger partial charge in [0.2, 0.25) is 0 Å². The molecule has 2 nitrogen and oxygen atoms in total. The molecule has 0 radical (unpaired) electrons. The molecule has 2 unspecified atom stereocenters. The van der Waals surface area contributed by atoms with E-state index in [1.807, 2.05) is 0 Å². The predicted molar refractivity (Wildman–Crippen MR) is 78.0 cm³/mol. The fourth-order valence-electron chi connectivity index (χ4n) is 2.39. The van der Waals surface area contributed by atoms with Crippen molar-refractivity contribution >= 4 is 0 Å². The Kier molecular flexibility index (Phi) is 4.79. The molecule has 18 heavy (non-hydrogen) atoms. The second-order valence-corrected chi connectivity index (χ2v) is 5.72. The van der Waals surface area contributed by atoms with Crippen molar-refractivity contribution in [2.24, 2.45) is 0 Å². The minimum absolute atomic E-state index is 0.588. The lowest BCUT2D eigenvalue weighted by atomic mass is 10.0. The van der Waals surface area contributed by atoms with Crippen molar-refractivity contribution in [1.82, 2.24) is 10.2 Å². The molecule has 0 saturated heterocycles. The molecule has 2 heteroatoms. The Morgan fingerprint density at radius 3 is 2.44 bits per heavy atom. The Labute approximate surface area is 111 Å². The fourth-order valence-corrected chi connectivity index (χ4v) is 2.39. The van der Waals surface area contributed by atoms with E-state index in [1.54, 1.807) is 0 Å². The Hall–Kier alpha value is -0.860. The van der Waals surface area contributed by atoms with Crippen LogP contribution in [0.15, 0.2) is 30.3 Å². The highest BCUT2D eigenvalue weighted by Gasteiger charge is 2.28. The standard InChI is InChI=1S/C16H26N2/c1-13(15-7-5-4-6-8-15)11-17-12-14(2)18(3)16-9-10-16/h4-8,13-14,16-17H,9-12H2,1-3H3. The third-order valence-corrected chi connectivity index (χ3v) is 4.08. The van der Waals surface area contributed by atoms with Gasteiger partial charge in [-0.1, -0.05) is 37.3 Å². The molecule has 0 heterocycles. The van der Waals surface area contributed by atoms with Crippen molar-refractivity contribution in [3.8, 4) is 0 Å². The van der Waals surface area contributed by atoms with E-state index in [2.05, 4.69) is 61.4 Å². The minimum Gasteiger partial charge on any atom is -0.315 e. The van der Waals surface area contributed by atoms with E-state index in [0.29, 0.717) is 12.0 Å². The van der Waals surface area contributed by atoms with Gasteiger partial charge in [0.1, 0.15) is 0 Å². The lowest BCUT2D eigenvalue weighted by molar-refractivity contribution is 0.241. The van der Waals surface area contributed by atoms with E-state index in [1.165, 1.54) is 18.4 Å². The van der Waals surface area contributed by atoms with E-state index in [9.17, 15) is 0 Å². The second-order valence-electron chi connectivity index (χ2n) is 5.72. The van der Waals surface area contributed by atoms with Crippen molar-refractivity contribution in [2.45, 2.75) is 44.7 Å². The Bertz CT molecular complexity index is 345. The van der Waals surface area contributed by atoms with Gasteiger partial charge in [0, 0.05) is 25.2 Å². The third-order valence-electron chi connectivity index (χ3n) is 4.08. The van der Waals surface area contributed by atoms with Crippen molar-refractivity contribution in [3.05, 3.63) is 35.9 Å². The maximum Gasteiger partial charge on any atom is 0.0192 e. The first-order valence-corrected chi connectivity index (χ1v) is 7.16. The minimum atomic E-state index is 0.588. The lowest BCUT2D eigenvalue weighted by Crippen LogP contribution is -2.40. The van der Waals surface area contributed by atoms with Crippen LogP contribution in [0.1, 0.15) is 38.2 Å². The van der Waals surface area contributed by atoms with E-state index in [4.69, 9.17) is 0 Å². The highest BCUT2D eigenvalue weighted by molar-refractivity contribution is 5.18. The summed E-state index contributed by atoms with van der Waals surface area (Å²) in [4.78, 5) is 2.51. The molecule has 0 aromatic heterocycles. The monoisotopic (exact) mass is 246 g/mol. The maximum atomic E-state index is 3.61. The van der Waals surface area contributed by atoms with E-state index in [0.717, 1.165) is 19.1 Å². The molecule has 1 aromatic rings. The molecule has 0 aliphatic heterocycles. The smallest absolute Gasteiger partial charge is 0.0192 e. The molecule has 0 bridgehead atoms. The number of nitrogens with zero attached hydrogens (tertiary/aromatic N) is 1. The Morgan fingerprint density at radius 1 is 1.17 bits per heavy atom. The number of hydrogen-bond donors (Lipinski definition) is 1. The zero-order valence-electron chi connectivity index (χ0n) is 11.9. The summed E-state index contributed by atoms with van der Waals surface area (Å²) in [5.41, 5.74) is 1.42. The van der Waals surface area contributed by atoms with Crippen LogP contribution in [0.2, 0.25) is 0 Å². The molecule has 2 rings (SSSR count). The number of rotatable bonds is 7. The van der Waals surface area contributed by atoms with Crippen LogP contribution in [0.25, 0.3) is 0 Å². The summed E-state index contributed by atoms with van der Waals surface area (Å²) >= 11 is 0. The van der Waals surface area contributed by atoms with Crippen molar-refractivity contribution < 1.29 is 0 Å². The number of likely N-dealkylation sites (N-methyl/N-ethyl adjacent to an activating group) is 1. The summed E-state index contributed by atoms with van der Waals surface area (Å²) in [5, 5.41) is 3.61. The summed E-state index contributed by atoms with van der Waals surface area (Å²) in [5.74, 6) is 0.588. The largest absolute Gasteiger partial charge is 0.315 e. The molecule has 1 aromatic carbocycles. The highest BCUT2D eigenvalue weighted by atomic mass is 15.2. The molecule has 1 N–H and O–H groups in total. The SMILES string of the molecule is CC(CNCC(C)N(C)C1CC1)c1ccccc1. The zero-order valence-corrected chi connectivity index (χ0v) is 11.9. The lowest BCUT2D eigenvalue weighted by Gasteiger charge is -2.25. The van der Waals surface area contributed by atoms with Gasteiger partial charge in [0.05, 0.1) is 0 Å². The van der Waals surface area contributed by atoms with Crippen molar-refractivity contribution in [3.63, 3.8) is 0 Å². The molecule has 1 aliphatic rings. The molecular weight excluding hydrogens is 220 g/mol. The van der Waals surface area contributed by atoms with E-state index in [-0.39, 0.29) is 0 Å². The average molecular weight is 246 g/mol. The molecule has 100 valence electrons. The van der Waals surface area contributed by atoms with Crippen LogP contribution in [0.3, 0.4) is 0 Å². The van der Waals surface area contributed by atoms with Gasteiger partial charge in [-0.2, -0.15) is 0 Å². The maximum absolute atomic E-state index is 3.61. The van der Waals surface area contributed by atoms with Crippen LogP contribution >= 0.6 is 0 Å². The van der Waals surface area contributed by atoms with Crippen LogP contribution in [-0.4, -0.2) is 37.1 Å². The van der Waals surface area contributed by atoms with Gasteiger partial charge in [0.15, 0.2) is 0 Å². The van der Waals surface area contributed by atoms with Gasteiger partial charge in [-0.15, -0.1) is 0 Å². The summed E-state index contributed by atoms with van der Waals surface area (Å²) in [7, 11) is 2.25. The summed E-state index contributed by atoms with van der Waals surface area (Å²) in [6, 6.07) is 12.2. The van der Waals surface area contributed by atoms with Crippen molar-refractivity contribution in [1.29, 1.82) is 0 Å². The van der Waals surface area contributed by atoms with Crippen molar-refractivity contribution in [2.75, 3.05) is 20.1 Å². The van der Waals surface area contributed by atoms with Gasteiger partial charge in [-0.05, 0) is 38.3 Å². The quantitative estimate of drug-likeness (QED) is 0.796. The van der Waals surface area contributed by atoms with Gasteiger partial charge in [-0.3, -0.25) is 4.90 Å². The fraction of sp³-hybridized carbons (Fsp3) is 0.625. The second kappa shape index (κ2) is 6.35. The molecular formula is C16H26N2. The number of nitrogens with one attached hydrogen (secondary N) is 1. The molecule has 0 amide bonds. The van der Waals surface area contributed by atoms with E-state index >= 15 is 0 Å². The first-order chi connectivity index (χ1) is 8.68. The average Bonchev–Trinajstić information content (AvgIpc) is 3.23. The highest BCUT2D eigenvalue weighted by Crippen LogP contribution is 2.26. The number of hydrogen-bond acceptors (Lipinski definition) is 2. The van der Waals surface area contributed by atoms with E-state index < -0.39 is 0 Å². The summed E-state index contributed by atoms with van der Waals surface area (Å²) in [6.07, 6.45) is 2.78. The molecule has 0 spiro atoms. The number of benzene rings is 1. The van der Waals surface area contributed by atoms with Gasteiger partial charge in [-0.25, -0.2) is 0 Å². The van der Waals surface area contributed by atoms with Gasteiger partial charge >= 0.3 is 0 Å². The topological polar surface area (TPSA) is 15.3 Å². The van der Waals surface area contributed by atoms with Crippen LogP contribution in [0, 0.1) is 0 Å². The van der Waals surface area contributed by atoms with Gasteiger partial charge < -0.3 is 5.32 Å². The first-order valence-electron chi connectivity index (χ1n) is 7.16. The third kappa shape index (κ3) is 3.82. The zero-order chi connectivity index (χ0) is 13.0. The molecule has 1 fully saturated rings. The molecule has 1 saturated carbocycles. The molecule has 2 atom stereocenters. The van der Waals surface area contributed by atoms with Crippen LogP contribution in [0.5, 0.6) is 0 Å². The first kappa shape index (κ1) is 13.6. The van der Waals surface area contributed by atoms with Gasteiger partial charge in [0.25, 0.3) is 0 Å². The molecule has 1 aliphatic carbocycles. The van der Waals surface area contributed by atoms with Crippen LogP contribution in [0.4, 0.5) is 0 Å². The normalized spacial score (nSPS) is 18.9. The van der Waals surface area contributed by atoms with Crippen LogP contribution in [-0.2, 0) is 0 Å². The summed E-state index contributed by atoms with van der Waals surface area (Å²) < 4.78 is 0. The summed E-state index contributed by atoms with van der Waals surface area (Å²) in [6.45, 7) is 6.76. The predicted octanol–water partition coefficient (Wildman–Crippen LogP) is 2.86. The Morgan fingerprint density at radius 2 is 1.83 bits per heavy atom.